The summed E-state index contributed by atoms with van der Waals surface area (Å²) >= 11 is 0. The molecule has 2 aromatic rings. The van der Waals surface area contributed by atoms with E-state index in [1.165, 1.54) is 0 Å². The van der Waals surface area contributed by atoms with E-state index in [0.29, 0.717) is 19.4 Å². The van der Waals surface area contributed by atoms with E-state index in [-0.39, 0.29) is 11.9 Å². The Balaban J connectivity index is 1.55. The lowest BCUT2D eigenvalue weighted by Crippen LogP contribution is -2.45. The Morgan fingerprint density at radius 3 is 2.64 bits per heavy atom. The van der Waals surface area contributed by atoms with Crippen LogP contribution in [0, 0.1) is 0 Å². The molecule has 1 aliphatic rings. The number of ether oxygens (including phenoxy) is 1. The van der Waals surface area contributed by atoms with Crippen molar-refractivity contribution in [2.24, 2.45) is 0 Å². The van der Waals surface area contributed by atoms with Crippen molar-refractivity contribution in [1.29, 1.82) is 0 Å². The molecule has 25 heavy (non-hydrogen) atoms. The molecule has 2 N–H and O–H groups in total. The molecular weight excluding hydrogens is 316 g/mol. The maximum Gasteiger partial charge on any atom is 0.252 e. The minimum Gasteiger partial charge on any atom is -0.489 e. The van der Waals surface area contributed by atoms with Gasteiger partial charge in [-0.2, -0.15) is 0 Å². The molecule has 0 saturated heterocycles. The smallest absolute Gasteiger partial charge is 0.252 e. The van der Waals surface area contributed by atoms with Gasteiger partial charge in [0.2, 0.25) is 0 Å². The quantitative estimate of drug-likeness (QED) is 0.847. The zero-order chi connectivity index (χ0) is 17.7. The molecule has 1 aromatic heterocycles. The van der Waals surface area contributed by atoms with Gasteiger partial charge in [-0.15, -0.1) is 0 Å². The lowest BCUT2D eigenvalue weighted by molar-refractivity contribution is -0.139. The second-order valence-corrected chi connectivity index (χ2v) is 6.65. The third kappa shape index (κ3) is 4.37. The van der Waals surface area contributed by atoms with E-state index in [4.69, 9.17) is 4.74 Å². The summed E-state index contributed by atoms with van der Waals surface area (Å²) in [5.74, 6) is 0.495. The van der Waals surface area contributed by atoms with Gasteiger partial charge in [0.25, 0.3) is 5.91 Å². The maximum atomic E-state index is 12.3. The third-order valence-electron chi connectivity index (χ3n) is 4.71. The van der Waals surface area contributed by atoms with Gasteiger partial charge in [0, 0.05) is 18.0 Å². The zero-order valence-corrected chi connectivity index (χ0v) is 14.4. The van der Waals surface area contributed by atoms with Gasteiger partial charge in [0.05, 0.1) is 6.04 Å². The number of benzene rings is 1. The number of carbonyl (C=O) groups excluding carboxylic acids is 1. The van der Waals surface area contributed by atoms with Crippen molar-refractivity contribution >= 4 is 5.91 Å². The summed E-state index contributed by atoms with van der Waals surface area (Å²) in [7, 11) is 0. The van der Waals surface area contributed by atoms with E-state index in [1.807, 2.05) is 43.3 Å². The lowest BCUT2D eigenvalue weighted by atomic mass is 10.00. The molecule has 1 atom stereocenters. The molecule has 1 unspecified atom stereocenters. The number of aromatic nitrogens is 1. The molecular formula is C20H24N2O3. The van der Waals surface area contributed by atoms with Gasteiger partial charge >= 0.3 is 0 Å². The fraction of sp³-hybridized carbons (Fsp3) is 0.400. The van der Waals surface area contributed by atoms with Crippen molar-refractivity contribution in [3.8, 4) is 5.75 Å². The van der Waals surface area contributed by atoms with Gasteiger partial charge in [0.15, 0.2) is 0 Å². The van der Waals surface area contributed by atoms with Crippen LogP contribution in [0.3, 0.4) is 0 Å². The Morgan fingerprint density at radius 1 is 1.28 bits per heavy atom. The van der Waals surface area contributed by atoms with E-state index >= 15 is 0 Å². The minimum absolute atomic E-state index is 0.163. The lowest BCUT2D eigenvalue weighted by Gasteiger charge is -2.24. The van der Waals surface area contributed by atoms with Gasteiger partial charge in [0.1, 0.15) is 18.0 Å². The highest BCUT2D eigenvalue weighted by Crippen LogP contribution is 2.30. The second-order valence-electron chi connectivity index (χ2n) is 6.65. The fourth-order valence-corrected chi connectivity index (χ4v) is 3.10. The SMILES string of the molecule is CC(NC(=O)C1(O)CCCC1)c1ccc(OCc2cccnc2)cc1. The maximum absolute atomic E-state index is 12.3. The molecule has 3 rings (SSSR count). The molecule has 0 aliphatic heterocycles. The average molecular weight is 340 g/mol. The summed E-state index contributed by atoms with van der Waals surface area (Å²) < 4.78 is 5.74. The van der Waals surface area contributed by atoms with Crippen LogP contribution < -0.4 is 10.1 Å². The Morgan fingerprint density at radius 2 is 2.00 bits per heavy atom. The van der Waals surface area contributed by atoms with Crippen LogP contribution in [-0.4, -0.2) is 21.6 Å². The molecule has 0 radical (unpaired) electrons. The second kappa shape index (κ2) is 7.66. The predicted octanol–water partition coefficient (Wildman–Crippen LogP) is 3.14. The van der Waals surface area contributed by atoms with Crippen LogP contribution in [0.25, 0.3) is 0 Å². The van der Waals surface area contributed by atoms with Crippen LogP contribution in [-0.2, 0) is 11.4 Å². The minimum atomic E-state index is -1.19. The monoisotopic (exact) mass is 340 g/mol. The highest BCUT2D eigenvalue weighted by molar-refractivity contribution is 5.85. The molecule has 132 valence electrons. The summed E-state index contributed by atoms with van der Waals surface area (Å²) in [5, 5.41) is 13.3. The largest absolute Gasteiger partial charge is 0.489 e. The van der Waals surface area contributed by atoms with Crippen LogP contribution in [0.5, 0.6) is 5.75 Å². The number of carbonyl (C=O) groups is 1. The number of hydrogen-bond donors (Lipinski definition) is 2. The molecule has 1 aliphatic carbocycles. The predicted molar refractivity (Wildman–Crippen MR) is 95.0 cm³/mol. The van der Waals surface area contributed by atoms with E-state index < -0.39 is 5.60 Å². The number of hydrogen-bond acceptors (Lipinski definition) is 4. The highest BCUT2D eigenvalue weighted by Gasteiger charge is 2.39. The summed E-state index contributed by atoms with van der Waals surface area (Å²) in [6, 6.07) is 11.3. The van der Waals surface area contributed by atoms with Gasteiger partial charge in [-0.1, -0.05) is 18.2 Å². The van der Waals surface area contributed by atoms with Crippen LogP contribution in [0.2, 0.25) is 0 Å². The topological polar surface area (TPSA) is 71.5 Å². The highest BCUT2D eigenvalue weighted by atomic mass is 16.5. The van der Waals surface area contributed by atoms with E-state index in [1.54, 1.807) is 12.4 Å². The first-order valence-electron chi connectivity index (χ1n) is 8.72. The first-order chi connectivity index (χ1) is 12.1. The summed E-state index contributed by atoms with van der Waals surface area (Å²) in [6.45, 7) is 2.38. The number of aliphatic hydroxyl groups is 1. The Bertz CT molecular complexity index is 695. The summed E-state index contributed by atoms with van der Waals surface area (Å²) in [6.07, 6.45) is 6.41. The number of nitrogens with zero attached hydrogens (tertiary/aromatic N) is 1. The fourth-order valence-electron chi connectivity index (χ4n) is 3.10. The summed E-state index contributed by atoms with van der Waals surface area (Å²) in [5.41, 5.74) is 0.793. The molecule has 1 saturated carbocycles. The van der Waals surface area contributed by atoms with E-state index in [2.05, 4.69) is 10.3 Å². The Labute approximate surface area is 148 Å². The van der Waals surface area contributed by atoms with Crippen molar-refractivity contribution < 1.29 is 14.6 Å². The average Bonchev–Trinajstić information content (AvgIpc) is 3.09. The zero-order valence-electron chi connectivity index (χ0n) is 14.4. The van der Waals surface area contributed by atoms with Gasteiger partial charge < -0.3 is 15.2 Å². The molecule has 5 heteroatoms. The van der Waals surface area contributed by atoms with Crippen molar-refractivity contribution in [2.45, 2.75) is 50.9 Å². The van der Waals surface area contributed by atoms with Gasteiger partial charge in [-0.25, -0.2) is 0 Å². The molecule has 1 fully saturated rings. The first-order valence-corrected chi connectivity index (χ1v) is 8.72. The molecule has 0 bridgehead atoms. The number of nitrogens with one attached hydrogen (secondary N) is 1. The first kappa shape index (κ1) is 17.4. The van der Waals surface area contributed by atoms with Crippen LogP contribution in [0.1, 0.15) is 49.8 Å². The van der Waals surface area contributed by atoms with Crippen LogP contribution >= 0.6 is 0 Å². The van der Waals surface area contributed by atoms with Gasteiger partial charge in [-0.05, 0) is 56.4 Å². The van der Waals surface area contributed by atoms with Crippen LogP contribution in [0.15, 0.2) is 48.8 Å². The third-order valence-corrected chi connectivity index (χ3v) is 4.71. The van der Waals surface area contributed by atoms with Crippen LogP contribution in [0.4, 0.5) is 0 Å². The molecule has 1 heterocycles. The number of rotatable bonds is 6. The van der Waals surface area contributed by atoms with Gasteiger partial charge in [-0.3, -0.25) is 9.78 Å². The van der Waals surface area contributed by atoms with Crippen molar-refractivity contribution in [3.63, 3.8) is 0 Å². The van der Waals surface area contributed by atoms with E-state index in [9.17, 15) is 9.90 Å². The van der Waals surface area contributed by atoms with Crippen molar-refractivity contribution in [1.82, 2.24) is 10.3 Å². The number of amides is 1. The van der Waals surface area contributed by atoms with Crippen molar-refractivity contribution in [2.75, 3.05) is 0 Å². The van der Waals surface area contributed by atoms with E-state index in [0.717, 1.165) is 29.7 Å². The molecule has 5 nitrogen and oxygen atoms in total. The standard InChI is InChI=1S/C20H24N2O3/c1-15(22-19(23)20(24)10-2-3-11-20)17-6-8-18(9-7-17)25-14-16-5-4-12-21-13-16/h4-9,12-13,15,24H,2-3,10-11,14H2,1H3,(H,22,23). The van der Waals surface area contributed by atoms with Crippen molar-refractivity contribution in [3.05, 3.63) is 59.9 Å². The number of pyridine rings is 1. The molecule has 1 amide bonds. The molecule has 0 spiro atoms. The Hall–Kier alpha value is -2.40. The normalized spacial score (nSPS) is 17.0. The molecule has 1 aromatic carbocycles. The Kier molecular flexibility index (Phi) is 5.34. The summed E-state index contributed by atoms with van der Waals surface area (Å²) in [4.78, 5) is 16.3.